The van der Waals surface area contributed by atoms with Crippen LogP contribution in [0.15, 0.2) is 0 Å². The Morgan fingerprint density at radius 2 is 2.16 bits per heavy atom. The lowest BCUT2D eigenvalue weighted by atomic mass is 9.91. The van der Waals surface area contributed by atoms with Crippen molar-refractivity contribution in [3.8, 4) is 0 Å². The van der Waals surface area contributed by atoms with E-state index < -0.39 is 0 Å². The van der Waals surface area contributed by atoms with Crippen LogP contribution in [-0.4, -0.2) is 59.8 Å². The van der Waals surface area contributed by atoms with Crippen LogP contribution >= 0.6 is 11.8 Å². The minimum Gasteiger partial charge on any atom is -0.395 e. The molecule has 1 heterocycles. The van der Waals surface area contributed by atoms with Gasteiger partial charge in [-0.15, -0.1) is 0 Å². The van der Waals surface area contributed by atoms with Crippen LogP contribution in [0.1, 0.15) is 40.0 Å². The van der Waals surface area contributed by atoms with E-state index in [2.05, 4.69) is 37.2 Å². The van der Waals surface area contributed by atoms with E-state index in [1.807, 2.05) is 0 Å². The fourth-order valence-corrected chi connectivity index (χ4v) is 3.75. The van der Waals surface area contributed by atoms with Crippen molar-refractivity contribution in [1.29, 1.82) is 0 Å². The highest BCUT2D eigenvalue weighted by Crippen LogP contribution is 2.21. The summed E-state index contributed by atoms with van der Waals surface area (Å²) in [5.74, 6) is 0.754. The fourth-order valence-electron chi connectivity index (χ4n) is 3.11. The highest BCUT2D eigenvalue weighted by atomic mass is 32.2. The van der Waals surface area contributed by atoms with Gasteiger partial charge in [-0.3, -0.25) is 0 Å². The third-order valence-corrected chi connectivity index (χ3v) is 5.52. The predicted molar refractivity (Wildman–Crippen MR) is 85.9 cm³/mol. The van der Waals surface area contributed by atoms with Crippen molar-refractivity contribution < 1.29 is 5.11 Å². The zero-order valence-electron chi connectivity index (χ0n) is 13.1. The van der Waals surface area contributed by atoms with E-state index in [1.165, 1.54) is 38.9 Å². The van der Waals surface area contributed by atoms with Gasteiger partial charge in [0, 0.05) is 23.9 Å². The van der Waals surface area contributed by atoms with Gasteiger partial charge in [0.15, 0.2) is 0 Å². The maximum atomic E-state index is 9.36. The van der Waals surface area contributed by atoms with Crippen molar-refractivity contribution in [2.45, 2.75) is 57.4 Å². The molecule has 4 unspecified atom stereocenters. The maximum absolute atomic E-state index is 9.36. The molecule has 0 saturated carbocycles. The second-order valence-corrected chi connectivity index (χ2v) is 6.98. The van der Waals surface area contributed by atoms with Crippen molar-refractivity contribution in [2.24, 2.45) is 5.92 Å². The average Bonchev–Trinajstić information content (AvgIpc) is 2.40. The van der Waals surface area contributed by atoms with Gasteiger partial charge in [-0.25, -0.2) is 0 Å². The molecule has 0 aromatic rings. The standard InChI is InChI=1S/C15H32N2OS/c1-5-8-17-9-6-7-14(10-17)12(2)16-13(3)15(11-18)19-4/h12-16,18H,5-11H2,1-4H3. The van der Waals surface area contributed by atoms with Crippen molar-refractivity contribution in [3.05, 3.63) is 0 Å². The smallest absolute Gasteiger partial charge is 0.0564 e. The number of nitrogens with one attached hydrogen (secondary N) is 1. The summed E-state index contributed by atoms with van der Waals surface area (Å²) >= 11 is 1.75. The van der Waals surface area contributed by atoms with Crippen LogP contribution in [-0.2, 0) is 0 Å². The number of aliphatic hydroxyl groups is 1. The van der Waals surface area contributed by atoms with E-state index in [1.54, 1.807) is 11.8 Å². The molecule has 1 saturated heterocycles. The average molecular weight is 289 g/mol. The Labute approximate surface area is 123 Å². The minimum atomic E-state index is 0.259. The number of piperidine rings is 1. The largest absolute Gasteiger partial charge is 0.395 e. The van der Waals surface area contributed by atoms with Crippen LogP contribution in [0.25, 0.3) is 0 Å². The molecule has 4 atom stereocenters. The van der Waals surface area contributed by atoms with Gasteiger partial charge in [0.1, 0.15) is 0 Å². The molecule has 1 aliphatic rings. The molecule has 0 aromatic carbocycles. The SMILES string of the molecule is CCCN1CCCC(C(C)NC(C)C(CO)SC)C1. The van der Waals surface area contributed by atoms with Crippen LogP contribution < -0.4 is 5.32 Å². The van der Waals surface area contributed by atoms with Gasteiger partial charge < -0.3 is 15.3 Å². The molecule has 0 aromatic heterocycles. The van der Waals surface area contributed by atoms with E-state index in [0.717, 1.165) is 5.92 Å². The highest BCUT2D eigenvalue weighted by molar-refractivity contribution is 7.99. The summed E-state index contributed by atoms with van der Waals surface area (Å²) in [7, 11) is 0. The summed E-state index contributed by atoms with van der Waals surface area (Å²) in [6, 6.07) is 0.910. The highest BCUT2D eigenvalue weighted by Gasteiger charge is 2.26. The van der Waals surface area contributed by atoms with Gasteiger partial charge in [0.25, 0.3) is 0 Å². The lowest BCUT2D eigenvalue weighted by Gasteiger charge is -2.37. The molecule has 1 rings (SSSR count). The van der Waals surface area contributed by atoms with Crippen LogP contribution in [0.3, 0.4) is 0 Å². The molecule has 0 bridgehead atoms. The first kappa shape index (κ1) is 17.3. The minimum absolute atomic E-state index is 0.259. The zero-order chi connectivity index (χ0) is 14.3. The van der Waals surface area contributed by atoms with Gasteiger partial charge in [0.05, 0.1) is 6.61 Å². The maximum Gasteiger partial charge on any atom is 0.0564 e. The van der Waals surface area contributed by atoms with Gasteiger partial charge in [-0.2, -0.15) is 11.8 Å². The van der Waals surface area contributed by atoms with E-state index >= 15 is 0 Å². The van der Waals surface area contributed by atoms with Crippen LogP contribution in [0.4, 0.5) is 0 Å². The molecular weight excluding hydrogens is 256 g/mol. The second-order valence-electron chi connectivity index (χ2n) is 5.90. The Bertz CT molecular complexity index is 234. The molecule has 0 spiro atoms. The second kappa shape index (κ2) is 9.22. The first-order valence-corrected chi connectivity index (χ1v) is 9.03. The van der Waals surface area contributed by atoms with Crippen LogP contribution in [0.5, 0.6) is 0 Å². The Kier molecular flexibility index (Phi) is 8.38. The molecular formula is C15H32N2OS. The predicted octanol–water partition coefficient (Wildman–Crippen LogP) is 2.20. The lowest BCUT2D eigenvalue weighted by Crippen LogP contribution is -2.49. The summed E-state index contributed by atoms with van der Waals surface area (Å²) in [4.78, 5) is 2.61. The third-order valence-electron chi connectivity index (χ3n) is 4.36. The summed E-state index contributed by atoms with van der Waals surface area (Å²) in [6.45, 7) is 10.8. The molecule has 1 fully saturated rings. The van der Waals surface area contributed by atoms with E-state index in [4.69, 9.17) is 0 Å². The van der Waals surface area contributed by atoms with Crippen molar-refractivity contribution in [1.82, 2.24) is 10.2 Å². The summed E-state index contributed by atoms with van der Waals surface area (Å²) in [5.41, 5.74) is 0. The summed E-state index contributed by atoms with van der Waals surface area (Å²) < 4.78 is 0. The third kappa shape index (κ3) is 5.62. The molecule has 2 N–H and O–H groups in total. The molecule has 3 nitrogen and oxygen atoms in total. The van der Waals surface area contributed by atoms with Crippen molar-refractivity contribution >= 4 is 11.8 Å². The topological polar surface area (TPSA) is 35.5 Å². The number of hydrogen-bond acceptors (Lipinski definition) is 4. The van der Waals surface area contributed by atoms with Crippen LogP contribution in [0.2, 0.25) is 0 Å². The van der Waals surface area contributed by atoms with Gasteiger partial charge in [-0.05, 0) is 58.4 Å². The number of rotatable bonds is 8. The normalized spacial score (nSPS) is 26.1. The first-order valence-electron chi connectivity index (χ1n) is 7.74. The Morgan fingerprint density at radius 1 is 1.42 bits per heavy atom. The van der Waals surface area contributed by atoms with E-state index in [9.17, 15) is 5.11 Å². The lowest BCUT2D eigenvalue weighted by molar-refractivity contribution is 0.145. The molecule has 19 heavy (non-hydrogen) atoms. The summed E-state index contributed by atoms with van der Waals surface area (Å²) in [6.07, 6.45) is 6.00. The number of likely N-dealkylation sites (tertiary alicyclic amines) is 1. The fraction of sp³-hybridized carbons (Fsp3) is 1.00. The molecule has 0 aliphatic carbocycles. The van der Waals surface area contributed by atoms with Crippen molar-refractivity contribution in [2.75, 3.05) is 32.5 Å². The molecule has 114 valence electrons. The summed E-state index contributed by atoms with van der Waals surface area (Å²) in [5, 5.41) is 13.4. The van der Waals surface area contributed by atoms with E-state index in [-0.39, 0.29) is 6.61 Å². The quantitative estimate of drug-likeness (QED) is 0.718. The first-order chi connectivity index (χ1) is 9.12. The molecule has 4 heteroatoms. The molecule has 0 amide bonds. The number of nitrogens with zero attached hydrogens (tertiary/aromatic N) is 1. The Morgan fingerprint density at radius 3 is 2.74 bits per heavy atom. The van der Waals surface area contributed by atoms with Gasteiger partial charge in [0.2, 0.25) is 0 Å². The van der Waals surface area contributed by atoms with Gasteiger partial charge in [-0.1, -0.05) is 6.92 Å². The Hall–Kier alpha value is 0.230. The number of thioether (sulfide) groups is 1. The monoisotopic (exact) mass is 288 g/mol. The molecule has 1 aliphatic heterocycles. The van der Waals surface area contributed by atoms with Crippen LogP contribution in [0, 0.1) is 5.92 Å². The van der Waals surface area contributed by atoms with Crippen molar-refractivity contribution in [3.63, 3.8) is 0 Å². The van der Waals surface area contributed by atoms with E-state index in [0.29, 0.717) is 17.3 Å². The number of aliphatic hydroxyl groups excluding tert-OH is 1. The Balaban J connectivity index is 2.41. The van der Waals surface area contributed by atoms with Gasteiger partial charge >= 0.3 is 0 Å². The molecule has 0 radical (unpaired) electrons. The zero-order valence-corrected chi connectivity index (χ0v) is 13.9. The number of hydrogen-bond donors (Lipinski definition) is 2.